The number of esters is 1. The fourth-order valence-corrected chi connectivity index (χ4v) is 1.44. The minimum atomic E-state index is -0.395. The van der Waals surface area contributed by atoms with Gasteiger partial charge in [-0.3, -0.25) is 4.68 Å². The molecule has 0 atom stereocenters. The van der Waals surface area contributed by atoms with Crippen LogP contribution in [0.1, 0.15) is 36.3 Å². The fraction of sp³-hybridized carbons (Fsp3) is 0.600. The van der Waals surface area contributed by atoms with Crippen LogP contribution in [0.5, 0.6) is 0 Å². The fourth-order valence-electron chi connectivity index (χ4n) is 1.44. The third kappa shape index (κ3) is 2.29. The molecule has 0 aliphatic carbocycles. The highest BCUT2D eigenvalue weighted by Crippen LogP contribution is 2.18. The first-order chi connectivity index (χ1) is 7.11. The third-order valence-corrected chi connectivity index (χ3v) is 2.16. The lowest BCUT2D eigenvalue weighted by molar-refractivity contribution is 0.0517. The van der Waals surface area contributed by atoms with Gasteiger partial charge in [0, 0.05) is 12.6 Å². The Hall–Kier alpha value is -1.52. The Morgan fingerprint density at radius 2 is 2.20 bits per heavy atom. The predicted octanol–water partition coefficient (Wildman–Crippen LogP) is 1.13. The van der Waals surface area contributed by atoms with E-state index in [2.05, 4.69) is 5.10 Å². The van der Waals surface area contributed by atoms with Crippen molar-refractivity contribution in [1.82, 2.24) is 9.78 Å². The van der Waals surface area contributed by atoms with Crippen LogP contribution in [0, 0.1) is 0 Å². The Bertz CT molecular complexity index is 358. The van der Waals surface area contributed by atoms with E-state index in [1.54, 1.807) is 14.0 Å². The molecule has 0 radical (unpaired) electrons. The molecule has 0 spiro atoms. The normalized spacial score (nSPS) is 10.3. The van der Waals surface area contributed by atoms with Gasteiger partial charge in [-0.25, -0.2) is 4.79 Å². The van der Waals surface area contributed by atoms with Crippen LogP contribution in [0.25, 0.3) is 0 Å². The molecule has 0 amide bonds. The molecular formula is C10H17N3O2. The minimum Gasteiger partial charge on any atom is -0.461 e. The van der Waals surface area contributed by atoms with Gasteiger partial charge >= 0.3 is 5.97 Å². The van der Waals surface area contributed by atoms with Crippen LogP contribution in [-0.4, -0.2) is 22.4 Å². The molecule has 0 aliphatic rings. The zero-order valence-electron chi connectivity index (χ0n) is 9.41. The van der Waals surface area contributed by atoms with Crippen molar-refractivity contribution in [2.24, 2.45) is 7.05 Å². The topological polar surface area (TPSA) is 70.1 Å². The number of nitrogen functional groups attached to an aromatic ring is 1. The number of ether oxygens (including phenoxy) is 1. The highest BCUT2D eigenvalue weighted by Gasteiger charge is 2.20. The van der Waals surface area contributed by atoms with Gasteiger partial charge < -0.3 is 10.5 Å². The molecule has 0 fully saturated rings. The minimum absolute atomic E-state index is 0.346. The molecule has 2 N–H and O–H groups in total. The van der Waals surface area contributed by atoms with E-state index in [1.807, 2.05) is 6.92 Å². The van der Waals surface area contributed by atoms with Crippen molar-refractivity contribution < 1.29 is 9.53 Å². The summed E-state index contributed by atoms with van der Waals surface area (Å²) in [6, 6.07) is 0. The van der Waals surface area contributed by atoms with Crippen LogP contribution in [0.2, 0.25) is 0 Å². The lowest BCUT2D eigenvalue weighted by atomic mass is 10.1. The van der Waals surface area contributed by atoms with Gasteiger partial charge in [0.25, 0.3) is 0 Å². The van der Waals surface area contributed by atoms with Crippen LogP contribution < -0.4 is 5.73 Å². The maximum Gasteiger partial charge on any atom is 0.359 e. The van der Waals surface area contributed by atoms with E-state index in [9.17, 15) is 4.79 Å². The van der Waals surface area contributed by atoms with Crippen LogP contribution >= 0.6 is 0 Å². The smallest absolute Gasteiger partial charge is 0.359 e. The number of rotatable bonds is 4. The first-order valence-corrected chi connectivity index (χ1v) is 5.10. The van der Waals surface area contributed by atoms with Gasteiger partial charge in [0.05, 0.1) is 6.61 Å². The standard InChI is InChI=1S/C10H17N3O2/c1-4-6-7-8(10(14)15-5-2)12-13(3)9(7)11/h4-6,11H2,1-3H3. The second-order valence-corrected chi connectivity index (χ2v) is 3.31. The molecule has 0 bridgehead atoms. The van der Waals surface area contributed by atoms with Crippen molar-refractivity contribution in [2.45, 2.75) is 26.7 Å². The Morgan fingerprint density at radius 3 is 2.73 bits per heavy atom. The Balaban J connectivity index is 3.05. The molecule has 5 nitrogen and oxygen atoms in total. The van der Waals surface area contributed by atoms with Crippen LogP contribution in [0.15, 0.2) is 0 Å². The maximum atomic E-state index is 11.6. The van der Waals surface area contributed by atoms with Gasteiger partial charge in [-0.2, -0.15) is 5.10 Å². The summed E-state index contributed by atoms with van der Waals surface area (Å²) < 4.78 is 6.42. The molecule has 84 valence electrons. The number of hydrogen-bond acceptors (Lipinski definition) is 4. The summed E-state index contributed by atoms with van der Waals surface area (Å²) in [6.07, 6.45) is 1.66. The van der Waals surface area contributed by atoms with E-state index in [-0.39, 0.29) is 0 Å². The molecule has 0 aliphatic heterocycles. The Kier molecular flexibility index (Phi) is 3.71. The van der Waals surface area contributed by atoms with Crippen molar-refractivity contribution in [1.29, 1.82) is 0 Å². The summed E-state index contributed by atoms with van der Waals surface area (Å²) in [5.74, 6) is 0.146. The lowest BCUT2D eigenvalue weighted by Crippen LogP contribution is -2.08. The second-order valence-electron chi connectivity index (χ2n) is 3.31. The number of hydrogen-bond donors (Lipinski definition) is 1. The number of carbonyl (C=O) groups is 1. The van der Waals surface area contributed by atoms with E-state index in [1.165, 1.54) is 4.68 Å². The highest BCUT2D eigenvalue weighted by atomic mass is 16.5. The molecule has 1 rings (SSSR count). The molecule has 1 aromatic heterocycles. The molecular weight excluding hydrogens is 194 g/mol. The van der Waals surface area contributed by atoms with Gasteiger partial charge in [0.1, 0.15) is 5.82 Å². The summed E-state index contributed by atoms with van der Waals surface area (Å²) in [4.78, 5) is 11.6. The molecule has 15 heavy (non-hydrogen) atoms. The van der Waals surface area contributed by atoms with Crippen LogP contribution in [0.4, 0.5) is 5.82 Å². The first kappa shape index (κ1) is 11.6. The summed E-state index contributed by atoms with van der Waals surface area (Å²) in [6.45, 7) is 4.14. The van der Waals surface area contributed by atoms with Crippen molar-refractivity contribution in [3.05, 3.63) is 11.3 Å². The number of anilines is 1. The van der Waals surface area contributed by atoms with Crippen LogP contribution in [0.3, 0.4) is 0 Å². The quantitative estimate of drug-likeness (QED) is 0.758. The molecule has 1 aromatic rings. The van der Waals surface area contributed by atoms with Crippen molar-refractivity contribution in [3.8, 4) is 0 Å². The van der Waals surface area contributed by atoms with Gasteiger partial charge in [-0.1, -0.05) is 13.3 Å². The predicted molar refractivity (Wildman–Crippen MR) is 57.6 cm³/mol. The molecule has 0 saturated carbocycles. The zero-order valence-corrected chi connectivity index (χ0v) is 9.41. The van der Waals surface area contributed by atoms with Crippen molar-refractivity contribution >= 4 is 11.8 Å². The first-order valence-electron chi connectivity index (χ1n) is 5.10. The Labute approximate surface area is 89.2 Å². The van der Waals surface area contributed by atoms with E-state index < -0.39 is 5.97 Å². The average Bonchev–Trinajstić information content (AvgIpc) is 2.47. The molecule has 0 saturated heterocycles. The zero-order chi connectivity index (χ0) is 11.4. The summed E-state index contributed by atoms with van der Waals surface area (Å²) in [5.41, 5.74) is 6.95. The monoisotopic (exact) mass is 211 g/mol. The van der Waals surface area contributed by atoms with Gasteiger partial charge in [0.2, 0.25) is 0 Å². The average molecular weight is 211 g/mol. The number of nitrogens with zero attached hydrogens (tertiary/aromatic N) is 2. The molecule has 1 heterocycles. The maximum absolute atomic E-state index is 11.6. The largest absolute Gasteiger partial charge is 0.461 e. The number of nitrogens with two attached hydrogens (primary N) is 1. The van der Waals surface area contributed by atoms with Crippen molar-refractivity contribution in [2.75, 3.05) is 12.3 Å². The summed E-state index contributed by atoms with van der Waals surface area (Å²) in [5, 5.41) is 4.06. The summed E-state index contributed by atoms with van der Waals surface area (Å²) in [7, 11) is 1.72. The molecule has 5 heteroatoms. The summed E-state index contributed by atoms with van der Waals surface area (Å²) >= 11 is 0. The van der Waals surface area contributed by atoms with Gasteiger partial charge in [-0.05, 0) is 13.3 Å². The Morgan fingerprint density at radius 1 is 1.53 bits per heavy atom. The number of aryl methyl sites for hydroxylation is 1. The molecule has 0 aromatic carbocycles. The van der Waals surface area contributed by atoms with Crippen molar-refractivity contribution in [3.63, 3.8) is 0 Å². The van der Waals surface area contributed by atoms with E-state index >= 15 is 0 Å². The lowest BCUT2D eigenvalue weighted by Gasteiger charge is -2.01. The second kappa shape index (κ2) is 4.82. The van der Waals surface area contributed by atoms with E-state index in [0.717, 1.165) is 18.4 Å². The van der Waals surface area contributed by atoms with E-state index in [4.69, 9.17) is 10.5 Å². The third-order valence-electron chi connectivity index (χ3n) is 2.16. The van der Waals surface area contributed by atoms with Gasteiger partial charge in [-0.15, -0.1) is 0 Å². The molecule has 0 unspecified atom stereocenters. The number of carbonyl (C=O) groups excluding carboxylic acids is 1. The van der Waals surface area contributed by atoms with Crippen LogP contribution in [-0.2, 0) is 18.2 Å². The SMILES string of the molecule is CCCc1c(C(=O)OCC)nn(C)c1N. The van der Waals surface area contributed by atoms with E-state index in [0.29, 0.717) is 18.1 Å². The van der Waals surface area contributed by atoms with Gasteiger partial charge in [0.15, 0.2) is 5.69 Å². The number of aromatic nitrogens is 2. The highest BCUT2D eigenvalue weighted by molar-refractivity contribution is 5.90.